The maximum atomic E-state index is 6.80. The van der Waals surface area contributed by atoms with Crippen molar-refractivity contribution in [3.8, 4) is 0 Å². The minimum absolute atomic E-state index is 0.395. The average molecular weight is 345 g/mol. The topological polar surface area (TPSA) is 22.3 Å². The first-order valence-electron chi connectivity index (χ1n) is 9.39. The van der Waals surface area contributed by atoms with Gasteiger partial charge in [-0.05, 0) is 44.5 Å². The third kappa shape index (κ3) is 2.00. The first-order chi connectivity index (χ1) is 12.3. The summed E-state index contributed by atoms with van der Waals surface area (Å²) >= 11 is 0. The van der Waals surface area contributed by atoms with Gasteiger partial charge in [-0.2, -0.15) is 0 Å². The Balaban J connectivity index is 1.84. The van der Waals surface area contributed by atoms with Gasteiger partial charge in [0.05, 0.1) is 6.42 Å². The van der Waals surface area contributed by atoms with E-state index in [2.05, 4.69) is 93.0 Å². The Labute approximate surface area is 154 Å². The van der Waals surface area contributed by atoms with Gasteiger partial charge in [0.25, 0.3) is 0 Å². The van der Waals surface area contributed by atoms with E-state index in [0.717, 1.165) is 6.42 Å². The van der Waals surface area contributed by atoms with Gasteiger partial charge in [-0.3, -0.25) is 0 Å². The molecule has 1 aromatic heterocycles. The van der Waals surface area contributed by atoms with E-state index in [0.29, 0.717) is 0 Å². The smallest absolute Gasteiger partial charge is 0.495 e. The molecule has 3 heterocycles. The number of hydrogen-bond acceptors (Lipinski definition) is 2. The highest BCUT2D eigenvalue weighted by molar-refractivity contribution is 6.75. The fraction of sp³-hybridized carbons (Fsp3) is 0.318. The Morgan fingerprint density at radius 1 is 0.846 bits per heavy atom. The molecule has 2 aliphatic rings. The molecule has 1 saturated heterocycles. The summed E-state index contributed by atoms with van der Waals surface area (Å²) in [6, 6.07) is 19.4. The second-order valence-electron chi connectivity index (χ2n) is 8.60. The highest BCUT2D eigenvalue weighted by atomic mass is 16.7. The Kier molecular flexibility index (Phi) is 3.06. The zero-order valence-electron chi connectivity index (χ0n) is 15.8. The van der Waals surface area contributed by atoms with Crippen molar-refractivity contribution in [2.75, 3.05) is 0 Å². The Morgan fingerprint density at radius 3 is 2.15 bits per heavy atom. The van der Waals surface area contributed by atoms with E-state index in [1.54, 1.807) is 0 Å². The van der Waals surface area contributed by atoms with Crippen LogP contribution in [0.3, 0.4) is 0 Å². The molecule has 0 unspecified atom stereocenters. The molecule has 0 N–H and O–H groups in total. The normalized spacial score (nSPS) is 21.5. The number of nitrogens with zero attached hydrogens (tertiary/aromatic N) is 1. The number of rotatable bonds is 0. The van der Waals surface area contributed by atoms with E-state index in [1.165, 1.54) is 27.5 Å². The number of fused-ring (bicyclic) bond motifs is 5. The van der Waals surface area contributed by atoms with Gasteiger partial charge in [-0.15, -0.1) is 0 Å². The molecule has 0 amide bonds. The molecular weight excluding hydrogens is 321 g/mol. The molecule has 2 aliphatic heterocycles. The van der Waals surface area contributed by atoms with Gasteiger partial charge < -0.3 is 13.8 Å². The largest absolute Gasteiger partial charge is 0.577 e. The zero-order valence-corrected chi connectivity index (χ0v) is 15.8. The average Bonchev–Trinajstić information content (AvgIpc) is 2.79. The van der Waals surface area contributed by atoms with Crippen molar-refractivity contribution in [2.45, 2.75) is 45.3 Å². The van der Waals surface area contributed by atoms with E-state index < -0.39 is 17.9 Å². The number of pyridine rings is 1. The van der Waals surface area contributed by atoms with Gasteiger partial charge in [0.15, 0.2) is 0 Å². The number of aromatic nitrogens is 1. The van der Waals surface area contributed by atoms with Crippen LogP contribution in [0.5, 0.6) is 0 Å². The van der Waals surface area contributed by atoms with Crippen LogP contribution in [0.2, 0.25) is 0 Å². The molecule has 0 radical (unpaired) electrons. The lowest BCUT2D eigenvalue weighted by Crippen LogP contribution is -2.78. The van der Waals surface area contributed by atoms with Crippen LogP contribution in [0, 0.1) is 0 Å². The standard InChI is InChI=1S/C22H24BNO2/c1-21(2)22(3,4)26-23(25-21)20-15-17-10-6-5-9-16(17)13-18(20)14-19-11-7-8-12-24(19)23/h5-13,15H,14H2,1-4H3. The van der Waals surface area contributed by atoms with E-state index in [4.69, 9.17) is 9.31 Å². The summed E-state index contributed by atoms with van der Waals surface area (Å²) in [6.45, 7) is 6.72. The van der Waals surface area contributed by atoms with Gasteiger partial charge in [-0.25, -0.2) is 0 Å². The van der Waals surface area contributed by atoms with E-state index in [-0.39, 0.29) is 0 Å². The maximum absolute atomic E-state index is 6.80. The lowest BCUT2D eigenvalue weighted by Gasteiger charge is -2.37. The van der Waals surface area contributed by atoms with Crippen molar-refractivity contribution in [3.63, 3.8) is 0 Å². The van der Waals surface area contributed by atoms with Gasteiger partial charge in [0, 0.05) is 17.3 Å². The Bertz CT molecular complexity index is 1030. The maximum Gasteiger partial charge on any atom is 0.577 e. The molecule has 1 fully saturated rings. The lowest BCUT2D eigenvalue weighted by atomic mass is 9.58. The van der Waals surface area contributed by atoms with Crippen LogP contribution in [-0.2, 0) is 15.7 Å². The third-order valence-electron chi connectivity index (χ3n) is 6.48. The molecule has 3 nitrogen and oxygen atoms in total. The quantitative estimate of drug-likeness (QED) is 0.583. The molecule has 4 heteroatoms. The second kappa shape index (κ2) is 4.96. The molecule has 0 aliphatic carbocycles. The highest BCUT2D eigenvalue weighted by Crippen LogP contribution is 2.41. The third-order valence-corrected chi connectivity index (χ3v) is 6.48. The van der Waals surface area contributed by atoms with Gasteiger partial charge in [-0.1, -0.05) is 53.5 Å². The first kappa shape index (κ1) is 16.0. The van der Waals surface area contributed by atoms with Crippen molar-refractivity contribution in [1.29, 1.82) is 0 Å². The van der Waals surface area contributed by atoms with Gasteiger partial charge in [0.2, 0.25) is 0 Å². The van der Waals surface area contributed by atoms with Crippen LogP contribution < -0.4 is 9.94 Å². The molecule has 132 valence electrons. The van der Waals surface area contributed by atoms with Crippen molar-refractivity contribution in [2.24, 2.45) is 0 Å². The molecule has 0 saturated carbocycles. The summed E-state index contributed by atoms with van der Waals surface area (Å²) in [6.07, 6.45) is 2.99. The molecule has 2 aromatic carbocycles. The molecule has 5 rings (SSSR count). The molecule has 3 aromatic rings. The van der Waals surface area contributed by atoms with Crippen molar-refractivity contribution < 1.29 is 13.8 Å². The number of benzene rings is 2. The van der Waals surface area contributed by atoms with Crippen LogP contribution in [0.15, 0.2) is 60.8 Å². The van der Waals surface area contributed by atoms with E-state index >= 15 is 0 Å². The fourth-order valence-corrected chi connectivity index (χ4v) is 4.46. The minimum atomic E-state index is -1.79. The first-order valence-corrected chi connectivity index (χ1v) is 9.39. The summed E-state index contributed by atoms with van der Waals surface area (Å²) in [7, 11) is 0. The van der Waals surface area contributed by atoms with Crippen molar-refractivity contribution in [1.82, 2.24) is 0 Å². The van der Waals surface area contributed by atoms with Gasteiger partial charge in [0.1, 0.15) is 11.9 Å². The predicted octanol–water partition coefficient (Wildman–Crippen LogP) is 3.33. The van der Waals surface area contributed by atoms with Crippen molar-refractivity contribution in [3.05, 3.63) is 72.1 Å². The summed E-state index contributed by atoms with van der Waals surface area (Å²) in [5, 5.41) is 2.49. The van der Waals surface area contributed by atoms with Crippen LogP contribution in [0.1, 0.15) is 39.0 Å². The summed E-state index contributed by atoms with van der Waals surface area (Å²) in [5.74, 6) is 0. The van der Waals surface area contributed by atoms with Crippen LogP contribution in [0.4, 0.5) is 0 Å². The second-order valence-corrected chi connectivity index (χ2v) is 8.60. The van der Waals surface area contributed by atoms with Crippen LogP contribution in [0.25, 0.3) is 10.8 Å². The Morgan fingerprint density at radius 2 is 1.46 bits per heavy atom. The predicted molar refractivity (Wildman–Crippen MR) is 105 cm³/mol. The number of hydrogen-bond donors (Lipinski definition) is 0. The lowest BCUT2D eigenvalue weighted by molar-refractivity contribution is -0.581. The van der Waals surface area contributed by atoms with E-state index in [1.807, 2.05) is 0 Å². The molecule has 0 bridgehead atoms. The van der Waals surface area contributed by atoms with Crippen LogP contribution in [-0.4, -0.2) is 17.9 Å². The van der Waals surface area contributed by atoms with E-state index in [9.17, 15) is 0 Å². The SMILES string of the molecule is CC1(C)O[B-]2(OC1(C)C)c1cc3ccccc3cc1Cc1cccc[n+]12. The molecular formula is C22H24BNO2. The summed E-state index contributed by atoms with van der Waals surface area (Å²) in [5.41, 5.74) is 2.90. The molecule has 0 atom stereocenters. The van der Waals surface area contributed by atoms with Crippen LogP contribution >= 0.6 is 0 Å². The highest BCUT2D eigenvalue weighted by Gasteiger charge is 2.62. The van der Waals surface area contributed by atoms with Crippen molar-refractivity contribution >= 4 is 22.9 Å². The zero-order chi connectivity index (χ0) is 18.2. The molecule has 1 spiro atoms. The molecule has 26 heavy (non-hydrogen) atoms. The Hall–Kier alpha value is -2.17. The summed E-state index contributed by atoms with van der Waals surface area (Å²) < 4.78 is 15.8. The minimum Gasteiger partial charge on any atom is -0.495 e. The fourth-order valence-electron chi connectivity index (χ4n) is 4.46. The van der Waals surface area contributed by atoms with Gasteiger partial charge >= 0.3 is 6.69 Å². The monoisotopic (exact) mass is 345 g/mol. The summed E-state index contributed by atoms with van der Waals surface area (Å²) in [4.78, 5) is 0.